The lowest BCUT2D eigenvalue weighted by molar-refractivity contribution is -0.0492. The van der Waals surface area contributed by atoms with Crippen molar-refractivity contribution < 1.29 is 14.6 Å². The van der Waals surface area contributed by atoms with Crippen molar-refractivity contribution in [2.24, 2.45) is 0 Å². The van der Waals surface area contributed by atoms with Crippen molar-refractivity contribution >= 4 is 10.8 Å². The van der Waals surface area contributed by atoms with Crippen LogP contribution in [0.15, 0.2) is 36.4 Å². The molecule has 2 heterocycles. The molecule has 134 valence electrons. The van der Waals surface area contributed by atoms with E-state index >= 15 is 0 Å². The number of piperidine rings is 1. The van der Waals surface area contributed by atoms with Crippen LogP contribution in [0.5, 0.6) is 5.75 Å². The number of nitrogens with zero attached hydrogens (tertiary/aromatic N) is 1. The van der Waals surface area contributed by atoms with Crippen LogP contribution in [-0.4, -0.2) is 49.5 Å². The van der Waals surface area contributed by atoms with Gasteiger partial charge in [-0.2, -0.15) is 0 Å². The lowest BCUT2D eigenvalue weighted by atomic mass is 9.80. The van der Waals surface area contributed by atoms with Crippen molar-refractivity contribution in [3.05, 3.63) is 42.0 Å². The van der Waals surface area contributed by atoms with Crippen molar-refractivity contribution in [3.63, 3.8) is 0 Å². The Hall–Kier alpha value is -1.62. The van der Waals surface area contributed by atoms with Crippen molar-refractivity contribution in [2.75, 3.05) is 27.4 Å². The summed E-state index contributed by atoms with van der Waals surface area (Å²) in [6.45, 7) is 1.14. The summed E-state index contributed by atoms with van der Waals surface area (Å²) in [5.74, 6) is 0.855. The highest BCUT2D eigenvalue weighted by atomic mass is 16.5. The number of fused-ring (bicyclic) bond motifs is 3. The van der Waals surface area contributed by atoms with E-state index in [2.05, 4.69) is 42.3 Å². The molecule has 2 aromatic carbocycles. The van der Waals surface area contributed by atoms with E-state index in [1.54, 1.807) is 7.11 Å². The molecule has 0 aliphatic carbocycles. The second kappa shape index (κ2) is 6.60. The lowest BCUT2D eigenvalue weighted by Crippen LogP contribution is -2.47. The first-order valence-corrected chi connectivity index (χ1v) is 9.19. The molecule has 2 atom stereocenters. The summed E-state index contributed by atoms with van der Waals surface area (Å²) >= 11 is 0. The SMILES string of the molecule is COCCOc1ccc2cc(C3(O)CC4CCC(C3)N4C)ccc2c1. The van der Waals surface area contributed by atoms with Crippen LogP contribution in [0.1, 0.15) is 31.2 Å². The first-order chi connectivity index (χ1) is 12.1. The average molecular weight is 341 g/mol. The van der Waals surface area contributed by atoms with Crippen LogP contribution >= 0.6 is 0 Å². The van der Waals surface area contributed by atoms with Crippen LogP contribution in [0, 0.1) is 0 Å². The van der Waals surface area contributed by atoms with Crippen molar-refractivity contribution in [1.29, 1.82) is 0 Å². The molecular weight excluding hydrogens is 314 g/mol. The number of ether oxygens (including phenoxy) is 2. The average Bonchev–Trinajstić information content (AvgIpc) is 2.83. The third kappa shape index (κ3) is 3.14. The van der Waals surface area contributed by atoms with Gasteiger partial charge in [0.1, 0.15) is 12.4 Å². The number of aliphatic hydroxyl groups is 1. The highest BCUT2D eigenvalue weighted by Gasteiger charge is 2.46. The zero-order chi connectivity index (χ0) is 17.4. The smallest absolute Gasteiger partial charge is 0.120 e. The highest BCUT2D eigenvalue weighted by molar-refractivity contribution is 5.84. The van der Waals surface area contributed by atoms with Gasteiger partial charge in [0.25, 0.3) is 0 Å². The molecule has 4 rings (SSSR count). The van der Waals surface area contributed by atoms with Gasteiger partial charge in [0.15, 0.2) is 0 Å². The van der Waals surface area contributed by atoms with Gasteiger partial charge in [-0.05, 0) is 67.3 Å². The minimum Gasteiger partial charge on any atom is -0.491 e. The predicted octanol–water partition coefficient (Wildman–Crippen LogP) is 3.31. The maximum Gasteiger partial charge on any atom is 0.120 e. The van der Waals surface area contributed by atoms with Crippen LogP contribution in [-0.2, 0) is 10.3 Å². The van der Waals surface area contributed by atoms with Crippen molar-refractivity contribution in [3.8, 4) is 5.75 Å². The molecule has 2 unspecified atom stereocenters. The maximum absolute atomic E-state index is 11.3. The Morgan fingerprint density at radius 1 is 1.04 bits per heavy atom. The second-order valence-corrected chi connectivity index (χ2v) is 7.56. The number of methoxy groups -OCH3 is 1. The molecule has 2 bridgehead atoms. The van der Waals surface area contributed by atoms with Crippen LogP contribution in [0.4, 0.5) is 0 Å². The van der Waals surface area contributed by atoms with Gasteiger partial charge in [-0.25, -0.2) is 0 Å². The number of benzene rings is 2. The van der Waals surface area contributed by atoms with E-state index in [0.29, 0.717) is 25.3 Å². The van der Waals surface area contributed by atoms with E-state index in [1.165, 1.54) is 12.8 Å². The Balaban J connectivity index is 1.58. The topological polar surface area (TPSA) is 41.9 Å². The van der Waals surface area contributed by atoms with Gasteiger partial charge in [-0.3, -0.25) is 0 Å². The molecule has 2 aliphatic rings. The van der Waals surface area contributed by atoms with Gasteiger partial charge in [-0.15, -0.1) is 0 Å². The normalized spacial score (nSPS) is 29.2. The molecule has 2 saturated heterocycles. The lowest BCUT2D eigenvalue weighted by Gasteiger charge is -2.42. The van der Waals surface area contributed by atoms with Gasteiger partial charge in [-0.1, -0.05) is 18.2 Å². The molecule has 0 saturated carbocycles. The zero-order valence-electron chi connectivity index (χ0n) is 15.1. The standard InChI is InChI=1S/C21H27NO3/c1-22-18-6-7-19(22)14-21(23,13-18)17-5-3-16-12-20(25-10-9-24-2)8-4-15(16)11-17/h3-5,8,11-12,18-19,23H,6-7,9-10,13-14H2,1-2H3. The first kappa shape index (κ1) is 16.8. The molecule has 4 nitrogen and oxygen atoms in total. The Bertz CT molecular complexity index is 746. The Kier molecular flexibility index (Phi) is 4.44. The monoisotopic (exact) mass is 341 g/mol. The van der Waals surface area contributed by atoms with E-state index in [1.807, 2.05) is 6.07 Å². The summed E-state index contributed by atoms with van der Waals surface area (Å²) in [6, 6.07) is 13.5. The third-order valence-electron chi connectivity index (χ3n) is 6.04. The highest BCUT2D eigenvalue weighted by Crippen LogP contribution is 2.45. The molecule has 0 amide bonds. The van der Waals surface area contributed by atoms with E-state index in [-0.39, 0.29) is 0 Å². The van der Waals surface area contributed by atoms with Gasteiger partial charge in [0.2, 0.25) is 0 Å². The molecule has 0 aromatic heterocycles. The van der Waals surface area contributed by atoms with Gasteiger partial charge < -0.3 is 19.5 Å². The molecule has 1 N–H and O–H groups in total. The van der Waals surface area contributed by atoms with E-state index in [9.17, 15) is 5.11 Å². The maximum atomic E-state index is 11.3. The molecule has 0 spiro atoms. The molecule has 2 aliphatic heterocycles. The van der Waals surface area contributed by atoms with Crippen LogP contribution in [0.2, 0.25) is 0 Å². The molecule has 2 aromatic rings. The van der Waals surface area contributed by atoms with E-state index in [4.69, 9.17) is 9.47 Å². The minimum atomic E-state index is -0.694. The summed E-state index contributed by atoms with van der Waals surface area (Å²) in [4.78, 5) is 2.46. The molecule has 4 heteroatoms. The van der Waals surface area contributed by atoms with Gasteiger partial charge in [0, 0.05) is 19.2 Å². The summed E-state index contributed by atoms with van der Waals surface area (Å²) in [6.07, 6.45) is 4.09. The van der Waals surface area contributed by atoms with E-state index in [0.717, 1.165) is 34.9 Å². The number of rotatable bonds is 5. The first-order valence-electron chi connectivity index (χ1n) is 9.19. The van der Waals surface area contributed by atoms with Crippen molar-refractivity contribution in [1.82, 2.24) is 4.90 Å². The fraction of sp³-hybridized carbons (Fsp3) is 0.524. The largest absolute Gasteiger partial charge is 0.491 e. The summed E-state index contributed by atoms with van der Waals surface area (Å²) in [7, 11) is 3.87. The minimum absolute atomic E-state index is 0.510. The number of hydrogen-bond donors (Lipinski definition) is 1. The molecular formula is C21H27NO3. The van der Waals surface area contributed by atoms with E-state index < -0.39 is 5.60 Å². The Labute approximate surface area is 149 Å². The molecule has 0 radical (unpaired) electrons. The molecule has 25 heavy (non-hydrogen) atoms. The molecule has 2 fully saturated rings. The van der Waals surface area contributed by atoms with Crippen LogP contribution in [0.25, 0.3) is 10.8 Å². The zero-order valence-corrected chi connectivity index (χ0v) is 15.1. The summed E-state index contributed by atoms with van der Waals surface area (Å²) < 4.78 is 10.7. The second-order valence-electron chi connectivity index (χ2n) is 7.56. The summed E-state index contributed by atoms with van der Waals surface area (Å²) in [5, 5.41) is 13.6. The Morgan fingerprint density at radius 3 is 2.44 bits per heavy atom. The van der Waals surface area contributed by atoms with Crippen LogP contribution < -0.4 is 4.74 Å². The predicted molar refractivity (Wildman–Crippen MR) is 99.0 cm³/mol. The van der Waals surface area contributed by atoms with Gasteiger partial charge >= 0.3 is 0 Å². The quantitative estimate of drug-likeness (QED) is 0.847. The van der Waals surface area contributed by atoms with Crippen LogP contribution in [0.3, 0.4) is 0 Å². The summed E-state index contributed by atoms with van der Waals surface area (Å²) in [5.41, 5.74) is 0.359. The van der Waals surface area contributed by atoms with Gasteiger partial charge in [0.05, 0.1) is 12.2 Å². The fourth-order valence-corrected chi connectivity index (χ4v) is 4.53. The third-order valence-corrected chi connectivity index (χ3v) is 6.04. The number of hydrogen-bond acceptors (Lipinski definition) is 4. The Morgan fingerprint density at radius 2 is 1.72 bits per heavy atom. The van der Waals surface area contributed by atoms with Crippen molar-refractivity contribution in [2.45, 2.75) is 43.4 Å². The fourth-order valence-electron chi connectivity index (χ4n) is 4.53.